The topological polar surface area (TPSA) is 112 Å². The Balaban J connectivity index is 1.56. The van der Waals surface area contributed by atoms with Crippen LogP contribution in [0.1, 0.15) is 11.5 Å². The number of hydrogen-bond donors (Lipinski definition) is 1. The fraction of sp³-hybridized carbons (Fsp3) is 0.211. The summed E-state index contributed by atoms with van der Waals surface area (Å²) in [7, 11) is -3.80. The van der Waals surface area contributed by atoms with Crippen LogP contribution < -0.4 is 10.3 Å². The van der Waals surface area contributed by atoms with Gasteiger partial charge in [0, 0.05) is 18.8 Å². The van der Waals surface area contributed by atoms with Gasteiger partial charge in [0.1, 0.15) is 10.6 Å². The summed E-state index contributed by atoms with van der Waals surface area (Å²) in [5, 5.41) is 9.10. The van der Waals surface area contributed by atoms with E-state index < -0.39 is 10.0 Å². The number of fused-ring (bicyclic) bond motifs is 1. The first-order valence-corrected chi connectivity index (χ1v) is 10.4. The van der Waals surface area contributed by atoms with E-state index in [1.807, 2.05) is 41.1 Å². The molecule has 4 rings (SSSR count). The summed E-state index contributed by atoms with van der Waals surface area (Å²) in [6.45, 7) is 3.16. The number of aryl methyl sites for hydroxylation is 2. The Hall–Kier alpha value is -3.24. The van der Waals surface area contributed by atoms with Gasteiger partial charge in [-0.1, -0.05) is 23.4 Å². The first-order chi connectivity index (χ1) is 13.9. The maximum Gasteiger partial charge on any atom is 0.266 e. The summed E-state index contributed by atoms with van der Waals surface area (Å²) in [4.78, 5) is 12.2. The Morgan fingerprint density at radius 2 is 1.90 bits per heavy atom. The Morgan fingerprint density at radius 1 is 1.10 bits per heavy atom. The molecule has 0 unspecified atom stereocenters. The van der Waals surface area contributed by atoms with Crippen molar-refractivity contribution in [2.75, 3.05) is 6.54 Å². The summed E-state index contributed by atoms with van der Waals surface area (Å²) in [5.41, 5.74) is 0.929. The number of nitrogens with zero attached hydrogens (tertiary/aromatic N) is 4. The van der Waals surface area contributed by atoms with E-state index in [0.29, 0.717) is 5.82 Å². The second-order valence-corrected chi connectivity index (χ2v) is 8.25. The summed E-state index contributed by atoms with van der Waals surface area (Å²) < 4.78 is 35.5. The third-order valence-corrected chi connectivity index (χ3v) is 6.26. The molecule has 4 aromatic rings. The maximum atomic E-state index is 12.5. The average molecular weight is 413 g/mol. The summed E-state index contributed by atoms with van der Waals surface area (Å²) in [6, 6.07) is 12.9. The van der Waals surface area contributed by atoms with E-state index in [0.717, 1.165) is 10.9 Å². The SMILES string of the molecule is Cc1noc(C)c1S(=O)(=O)NCCn1nc(-n2ccc3ccccc32)ccc1=O. The van der Waals surface area contributed by atoms with Gasteiger partial charge < -0.3 is 4.52 Å². The fourth-order valence-corrected chi connectivity index (χ4v) is 4.57. The molecule has 10 heteroatoms. The Morgan fingerprint density at radius 3 is 2.66 bits per heavy atom. The monoisotopic (exact) mass is 413 g/mol. The van der Waals surface area contributed by atoms with Gasteiger partial charge in [0.15, 0.2) is 11.6 Å². The van der Waals surface area contributed by atoms with Crippen LogP contribution in [0.4, 0.5) is 0 Å². The van der Waals surface area contributed by atoms with Crippen molar-refractivity contribution in [1.82, 2.24) is 24.2 Å². The molecule has 0 spiro atoms. The Bertz CT molecular complexity index is 1330. The van der Waals surface area contributed by atoms with Crippen LogP contribution in [0, 0.1) is 13.8 Å². The van der Waals surface area contributed by atoms with Crippen LogP contribution in [0.2, 0.25) is 0 Å². The number of aromatic nitrogens is 4. The van der Waals surface area contributed by atoms with Crippen LogP contribution in [0.3, 0.4) is 0 Å². The summed E-state index contributed by atoms with van der Waals surface area (Å²) in [6.07, 6.45) is 1.88. The van der Waals surface area contributed by atoms with Crippen molar-refractivity contribution >= 4 is 20.9 Å². The van der Waals surface area contributed by atoms with Crippen LogP contribution in [-0.2, 0) is 16.6 Å². The lowest BCUT2D eigenvalue weighted by Crippen LogP contribution is -2.32. The van der Waals surface area contributed by atoms with Gasteiger partial charge in [0.05, 0.1) is 12.1 Å². The minimum absolute atomic E-state index is 0.00478. The smallest absolute Gasteiger partial charge is 0.266 e. The van der Waals surface area contributed by atoms with E-state index >= 15 is 0 Å². The second-order valence-electron chi connectivity index (χ2n) is 6.55. The molecule has 1 aromatic carbocycles. The van der Waals surface area contributed by atoms with Crippen LogP contribution in [0.15, 0.2) is 62.9 Å². The molecule has 0 fully saturated rings. The van der Waals surface area contributed by atoms with E-state index in [9.17, 15) is 13.2 Å². The molecular weight excluding hydrogens is 394 g/mol. The molecule has 3 aromatic heterocycles. The number of nitrogens with one attached hydrogen (secondary N) is 1. The highest BCUT2D eigenvalue weighted by Crippen LogP contribution is 2.19. The molecule has 0 bridgehead atoms. The van der Waals surface area contributed by atoms with Crippen LogP contribution in [-0.4, -0.2) is 34.5 Å². The van der Waals surface area contributed by atoms with E-state index in [2.05, 4.69) is 15.0 Å². The quantitative estimate of drug-likeness (QED) is 0.516. The summed E-state index contributed by atoms with van der Waals surface area (Å²) >= 11 is 0. The average Bonchev–Trinajstić information content (AvgIpc) is 3.26. The zero-order valence-electron chi connectivity index (χ0n) is 15.9. The number of para-hydroxylation sites is 1. The number of sulfonamides is 1. The van der Waals surface area contributed by atoms with Gasteiger partial charge >= 0.3 is 0 Å². The molecule has 1 N–H and O–H groups in total. The number of hydrogen-bond acceptors (Lipinski definition) is 6. The van der Waals surface area contributed by atoms with Crippen molar-refractivity contribution in [3.05, 3.63) is 70.5 Å². The van der Waals surface area contributed by atoms with Gasteiger partial charge in [-0.05, 0) is 37.4 Å². The first-order valence-electron chi connectivity index (χ1n) is 8.94. The molecule has 0 amide bonds. The minimum Gasteiger partial charge on any atom is -0.360 e. The van der Waals surface area contributed by atoms with E-state index in [4.69, 9.17) is 4.52 Å². The lowest BCUT2D eigenvalue weighted by molar-refractivity contribution is 0.390. The van der Waals surface area contributed by atoms with Gasteiger partial charge in [-0.2, -0.15) is 5.10 Å². The van der Waals surface area contributed by atoms with Crippen molar-refractivity contribution in [1.29, 1.82) is 0 Å². The molecular formula is C19H19N5O4S. The predicted molar refractivity (Wildman–Crippen MR) is 106 cm³/mol. The third-order valence-electron chi connectivity index (χ3n) is 4.55. The van der Waals surface area contributed by atoms with Crippen molar-refractivity contribution in [3.63, 3.8) is 0 Å². The number of benzene rings is 1. The number of rotatable bonds is 6. The highest BCUT2D eigenvalue weighted by molar-refractivity contribution is 7.89. The van der Waals surface area contributed by atoms with Crippen LogP contribution >= 0.6 is 0 Å². The normalized spacial score (nSPS) is 11.9. The molecule has 0 atom stereocenters. The molecule has 0 aliphatic carbocycles. The van der Waals surface area contributed by atoms with Crippen molar-refractivity contribution < 1.29 is 12.9 Å². The maximum absolute atomic E-state index is 12.5. The molecule has 0 aliphatic heterocycles. The lowest BCUT2D eigenvalue weighted by Gasteiger charge is -2.10. The molecule has 150 valence electrons. The molecule has 0 radical (unpaired) electrons. The molecule has 29 heavy (non-hydrogen) atoms. The van der Waals surface area contributed by atoms with Gasteiger partial charge in [-0.25, -0.2) is 17.8 Å². The van der Waals surface area contributed by atoms with Crippen LogP contribution in [0.25, 0.3) is 16.7 Å². The van der Waals surface area contributed by atoms with Gasteiger partial charge in [-0.3, -0.25) is 9.36 Å². The highest BCUT2D eigenvalue weighted by atomic mass is 32.2. The standard InChI is InChI=1S/C19H19N5O4S/c1-13-19(14(2)28-22-13)29(26,27)20-10-12-24-18(25)8-7-17(21-24)23-11-9-15-5-3-4-6-16(15)23/h3-9,11,20H,10,12H2,1-2H3. The zero-order valence-corrected chi connectivity index (χ0v) is 16.7. The molecule has 3 heterocycles. The van der Waals surface area contributed by atoms with Gasteiger partial charge in [0.25, 0.3) is 5.56 Å². The van der Waals surface area contributed by atoms with Crippen molar-refractivity contribution in [2.24, 2.45) is 0 Å². The Kier molecular flexibility index (Phi) is 4.81. The lowest BCUT2D eigenvalue weighted by atomic mass is 10.2. The summed E-state index contributed by atoms with van der Waals surface area (Å²) in [5.74, 6) is 0.783. The van der Waals surface area contributed by atoms with Crippen molar-refractivity contribution in [3.8, 4) is 5.82 Å². The van der Waals surface area contributed by atoms with Crippen molar-refractivity contribution in [2.45, 2.75) is 25.3 Å². The van der Waals surface area contributed by atoms with E-state index in [-0.39, 0.29) is 35.0 Å². The van der Waals surface area contributed by atoms with E-state index in [1.54, 1.807) is 13.0 Å². The molecule has 0 saturated heterocycles. The van der Waals surface area contributed by atoms with Gasteiger partial charge in [0.2, 0.25) is 10.0 Å². The first kappa shape index (κ1) is 19.1. The fourth-order valence-electron chi connectivity index (χ4n) is 3.23. The molecule has 0 aliphatic rings. The third kappa shape index (κ3) is 3.59. The zero-order chi connectivity index (χ0) is 20.6. The molecule has 9 nitrogen and oxygen atoms in total. The minimum atomic E-state index is -3.80. The van der Waals surface area contributed by atoms with Gasteiger partial charge in [-0.15, -0.1) is 0 Å². The van der Waals surface area contributed by atoms with E-state index in [1.165, 1.54) is 17.7 Å². The predicted octanol–water partition coefficient (Wildman–Crippen LogP) is 1.77. The Labute approximate surface area is 166 Å². The van der Waals surface area contributed by atoms with Crippen LogP contribution in [0.5, 0.6) is 0 Å². The largest absolute Gasteiger partial charge is 0.360 e. The molecule has 0 saturated carbocycles. The highest BCUT2D eigenvalue weighted by Gasteiger charge is 2.23. The second kappa shape index (κ2) is 7.30.